The van der Waals surface area contributed by atoms with Gasteiger partial charge in [-0.3, -0.25) is 9.37 Å². The van der Waals surface area contributed by atoms with Gasteiger partial charge in [-0.2, -0.15) is 0 Å². The second-order valence-electron chi connectivity index (χ2n) is 18.0. The van der Waals surface area contributed by atoms with Crippen molar-refractivity contribution in [1.82, 2.24) is 9.97 Å². The first-order valence-corrected chi connectivity index (χ1v) is 21.8. The minimum Gasteiger partial charge on any atom is -0.500 e. The van der Waals surface area contributed by atoms with Crippen LogP contribution >= 0.6 is 0 Å². The van der Waals surface area contributed by atoms with Crippen LogP contribution in [-0.2, 0) is 25.5 Å². The van der Waals surface area contributed by atoms with Crippen molar-refractivity contribution in [2.75, 3.05) is 0 Å². The molecule has 3 heterocycles. The summed E-state index contributed by atoms with van der Waals surface area (Å²) in [6.45, 7) is 13.7. The van der Waals surface area contributed by atoms with Gasteiger partial charge in [0.1, 0.15) is 17.1 Å². The molecule has 0 amide bonds. The molecule has 0 saturated heterocycles. The first-order chi connectivity index (χ1) is 32.0. The van der Waals surface area contributed by atoms with Gasteiger partial charge in [0.05, 0.1) is 11.1 Å². The number of oxazole rings is 1. The molecular formula is C59H51FIrN2O2-2. The maximum atomic E-state index is 12.7. The molecule has 0 atom stereocenters. The molecule has 0 N–H and O–H groups in total. The van der Waals surface area contributed by atoms with E-state index in [1.807, 2.05) is 18.2 Å². The Labute approximate surface area is 399 Å². The topological polar surface area (TPSA) is 52.1 Å². The van der Waals surface area contributed by atoms with Crippen molar-refractivity contribution >= 4 is 33.0 Å². The molecule has 3 aromatic heterocycles. The fourth-order valence-electron chi connectivity index (χ4n) is 8.32. The van der Waals surface area contributed by atoms with Crippen LogP contribution < -0.4 is 0 Å². The van der Waals surface area contributed by atoms with Gasteiger partial charge in [-0.05, 0) is 97.6 Å². The Kier molecular flexibility index (Phi) is 11.8. The maximum Gasteiger partial charge on any atom is 0.149 e. The number of nitrogens with zero attached hydrogens (tertiary/aromatic N) is 2. The molecule has 0 bridgehead atoms. The molecule has 0 saturated carbocycles. The van der Waals surface area contributed by atoms with Crippen LogP contribution in [0, 0.1) is 24.8 Å². The van der Waals surface area contributed by atoms with E-state index in [9.17, 15) is 4.39 Å². The molecule has 0 fully saturated rings. The molecule has 7 aromatic carbocycles. The Morgan fingerprint density at radius 1 is 0.662 bits per heavy atom. The van der Waals surface area contributed by atoms with Crippen LogP contribution in [0.3, 0.4) is 0 Å². The summed E-state index contributed by atoms with van der Waals surface area (Å²) in [6, 6.07) is 54.2. The summed E-state index contributed by atoms with van der Waals surface area (Å²) in [5.74, 6) is 0.737. The molecular weight excluding hydrogens is 980 g/mol. The van der Waals surface area contributed by atoms with Gasteiger partial charge in [0.2, 0.25) is 0 Å². The average Bonchev–Trinajstić information content (AvgIpc) is 3.93. The smallest absolute Gasteiger partial charge is 0.149 e. The van der Waals surface area contributed by atoms with Crippen LogP contribution in [0.1, 0.15) is 86.7 Å². The molecule has 0 aliphatic carbocycles. The van der Waals surface area contributed by atoms with Gasteiger partial charge in [0.15, 0.2) is 0 Å². The van der Waals surface area contributed by atoms with Crippen molar-refractivity contribution in [2.24, 2.45) is 0 Å². The van der Waals surface area contributed by atoms with E-state index >= 15 is 0 Å². The van der Waals surface area contributed by atoms with Crippen LogP contribution in [-0.4, -0.2) is 9.97 Å². The average molecular weight is 1030 g/mol. The molecule has 327 valence electrons. The number of benzene rings is 7. The summed E-state index contributed by atoms with van der Waals surface area (Å²) < 4.78 is 47.7. The quantitative estimate of drug-likeness (QED) is 0.149. The zero-order valence-corrected chi connectivity index (χ0v) is 39.9. The fraction of sp³-hybridized carbons (Fsp3) is 0.186. The number of pyridine rings is 1. The van der Waals surface area contributed by atoms with Crippen molar-refractivity contribution in [2.45, 2.75) is 72.6 Å². The SMILES string of the molecule is CC(C)c1cc(-c2ccc(C(C)(C)C)cc2)cc(C(C)C)c1-c1cccc2nc(-c3[c-]ccc4c3oc3cc(-c5ccccc5)ccc34)oc12.[2H]C([2H])([2H])c1ccc(-c2[c-]cc(F)cc2)nc1.[Ir]. The van der Waals surface area contributed by atoms with Gasteiger partial charge in [-0.15, -0.1) is 48.0 Å². The molecule has 0 unspecified atom stereocenters. The van der Waals surface area contributed by atoms with Gasteiger partial charge in [-0.25, -0.2) is 0 Å². The molecule has 1 radical (unpaired) electrons. The monoisotopic (exact) mass is 1030 g/mol. The summed E-state index contributed by atoms with van der Waals surface area (Å²) in [4.78, 5) is 9.07. The van der Waals surface area contributed by atoms with Crippen LogP contribution in [0.2, 0.25) is 0 Å². The van der Waals surface area contributed by atoms with E-state index in [1.54, 1.807) is 12.1 Å². The Morgan fingerprint density at radius 2 is 1.38 bits per heavy atom. The second-order valence-corrected chi connectivity index (χ2v) is 18.0. The summed E-state index contributed by atoms with van der Waals surface area (Å²) in [5.41, 5.74) is 16.4. The first kappa shape index (κ1) is 41.3. The Hall–Kier alpha value is -6.46. The van der Waals surface area contributed by atoms with E-state index in [0.29, 0.717) is 29.0 Å². The molecule has 6 heteroatoms. The third-order valence-electron chi connectivity index (χ3n) is 11.8. The molecule has 0 aliphatic rings. The number of fused-ring (bicyclic) bond motifs is 4. The van der Waals surface area contributed by atoms with E-state index in [4.69, 9.17) is 17.9 Å². The van der Waals surface area contributed by atoms with Gasteiger partial charge in [0, 0.05) is 47.2 Å². The van der Waals surface area contributed by atoms with Crippen LogP contribution in [0.5, 0.6) is 0 Å². The second kappa shape index (κ2) is 18.6. The predicted molar refractivity (Wildman–Crippen MR) is 262 cm³/mol. The van der Waals surface area contributed by atoms with Crippen molar-refractivity contribution in [3.05, 3.63) is 192 Å². The largest absolute Gasteiger partial charge is 0.500 e. The third-order valence-corrected chi connectivity index (χ3v) is 11.8. The van der Waals surface area contributed by atoms with Crippen molar-refractivity contribution in [3.8, 4) is 56.1 Å². The Morgan fingerprint density at radius 3 is 2.03 bits per heavy atom. The molecule has 10 aromatic rings. The molecule has 0 spiro atoms. The van der Waals surface area contributed by atoms with E-state index in [1.165, 1.54) is 57.8 Å². The number of hydrogen-bond donors (Lipinski definition) is 0. The summed E-state index contributed by atoms with van der Waals surface area (Å²) >= 11 is 0. The fourth-order valence-corrected chi connectivity index (χ4v) is 8.32. The number of aryl methyl sites for hydroxylation is 1. The third kappa shape index (κ3) is 9.25. The minimum absolute atomic E-state index is 0. The van der Waals surface area contributed by atoms with E-state index in [2.05, 4.69) is 163 Å². The summed E-state index contributed by atoms with van der Waals surface area (Å²) in [7, 11) is 0. The minimum atomic E-state index is -2.15. The zero-order valence-electron chi connectivity index (χ0n) is 40.5. The van der Waals surface area contributed by atoms with Crippen LogP contribution in [0.4, 0.5) is 4.39 Å². The van der Waals surface area contributed by atoms with Crippen molar-refractivity contribution in [1.29, 1.82) is 0 Å². The van der Waals surface area contributed by atoms with E-state index < -0.39 is 6.85 Å². The van der Waals surface area contributed by atoms with Gasteiger partial charge in [0.25, 0.3) is 0 Å². The normalized spacial score (nSPS) is 12.5. The van der Waals surface area contributed by atoms with Gasteiger partial charge < -0.3 is 13.8 Å². The predicted octanol–water partition coefficient (Wildman–Crippen LogP) is 16.7. The first-order valence-electron chi connectivity index (χ1n) is 23.3. The van der Waals surface area contributed by atoms with Crippen molar-refractivity contribution in [3.63, 3.8) is 0 Å². The zero-order chi connectivity index (χ0) is 47.2. The van der Waals surface area contributed by atoms with E-state index in [0.717, 1.165) is 55.3 Å². The number of aromatic nitrogens is 2. The number of halogens is 1. The molecule has 4 nitrogen and oxygen atoms in total. The maximum absolute atomic E-state index is 12.7. The summed E-state index contributed by atoms with van der Waals surface area (Å²) in [5, 5.41) is 2.08. The Balaban J connectivity index is 0.000000293. The van der Waals surface area contributed by atoms with Crippen LogP contribution in [0.25, 0.3) is 89.1 Å². The molecule has 65 heavy (non-hydrogen) atoms. The molecule has 10 rings (SSSR count). The molecule has 0 aliphatic heterocycles. The van der Waals surface area contributed by atoms with Gasteiger partial charge >= 0.3 is 0 Å². The number of para-hydroxylation sites is 1. The standard InChI is InChI=1S/C47H42NO2.C12H9FN.Ir/c1-28(2)39-25-33(31-19-22-34(23-20-31)47(5,6)7)26-40(29(3)4)43(39)37-16-12-18-41-45(37)50-46(48-41)38-17-11-15-36-35-24-21-32(27-42(35)49-44(36)38)30-13-9-8-10-14-30;1-9-2-7-12(14-8-9)10-3-5-11(13)6-4-10;/h8-16,18-29H,1-7H3;2-3,5-8H,1H3;/q2*-1;/i;1D3;. The van der Waals surface area contributed by atoms with E-state index in [-0.39, 0.29) is 36.9 Å². The van der Waals surface area contributed by atoms with Crippen molar-refractivity contribution < 1.29 is 37.4 Å². The Bertz CT molecular complexity index is 3340. The van der Waals surface area contributed by atoms with Gasteiger partial charge in [-0.1, -0.05) is 157 Å². The number of rotatable bonds is 7. The van der Waals surface area contributed by atoms with Crippen LogP contribution in [0.15, 0.2) is 161 Å². The number of hydrogen-bond acceptors (Lipinski definition) is 4. The number of furan rings is 1. The summed E-state index contributed by atoms with van der Waals surface area (Å²) in [6.07, 6.45) is 1.31.